The van der Waals surface area contributed by atoms with E-state index < -0.39 is 0 Å². The van der Waals surface area contributed by atoms with Crippen molar-refractivity contribution in [3.05, 3.63) is 59.4 Å². The minimum Gasteiger partial charge on any atom is -0.497 e. The highest BCUT2D eigenvalue weighted by Gasteiger charge is 2.57. The fourth-order valence-electron chi connectivity index (χ4n) is 5.05. The topological polar surface area (TPSA) is 9.23 Å². The lowest BCUT2D eigenvalue weighted by Gasteiger charge is -2.38. The number of benzene rings is 2. The number of allylic oxidation sites excluding steroid dienone is 2. The highest BCUT2D eigenvalue weighted by atomic mass is 35.5. The molecule has 2 aliphatic rings. The maximum Gasteiger partial charge on any atom is 0.131 e. The molecule has 142 valence electrons. The average Bonchev–Trinajstić information content (AvgIpc) is 3.01. The molecule has 0 radical (unpaired) electrons. The number of methoxy groups -OCH3 is 1. The van der Waals surface area contributed by atoms with Crippen LogP contribution in [0.25, 0.3) is 16.7 Å². The summed E-state index contributed by atoms with van der Waals surface area (Å²) in [7, 11) is 1.61. The van der Waals surface area contributed by atoms with E-state index in [1.807, 2.05) is 12.1 Å². The van der Waals surface area contributed by atoms with Crippen molar-refractivity contribution < 1.29 is 9.13 Å². The summed E-state index contributed by atoms with van der Waals surface area (Å²) in [5, 5.41) is 0. The van der Waals surface area contributed by atoms with Gasteiger partial charge in [-0.3, -0.25) is 0 Å². The van der Waals surface area contributed by atoms with Gasteiger partial charge >= 0.3 is 0 Å². The molecule has 0 aliphatic heterocycles. The zero-order valence-corrected chi connectivity index (χ0v) is 17.2. The fourth-order valence-corrected chi connectivity index (χ4v) is 5.22. The number of ether oxygens (including phenoxy) is 1. The second-order valence-electron chi connectivity index (χ2n) is 8.64. The lowest BCUT2D eigenvalue weighted by molar-refractivity contribution is 0.190. The number of halogens is 2. The van der Waals surface area contributed by atoms with Gasteiger partial charge in [0.15, 0.2) is 0 Å². The Morgan fingerprint density at radius 2 is 1.85 bits per heavy atom. The number of hydrogen-bond acceptors (Lipinski definition) is 1. The standard InChI is InChI=1S/C24H26ClFO/c1-23(2)16-9-10-24(23,3)21(12-16)19-11-15(14-25)5-7-18(19)20-13-17(27-4)6-8-22(20)26/h5-8,11-13,16H,9-10,14H2,1-4H3/t16-,24+/m1/s1. The normalized spacial score (nSPS) is 25.6. The molecule has 1 saturated carbocycles. The molecule has 2 bridgehead atoms. The summed E-state index contributed by atoms with van der Waals surface area (Å²) in [4.78, 5) is 0. The second kappa shape index (κ2) is 6.38. The molecule has 2 atom stereocenters. The van der Waals surface area contributed by atoms with Crippen molar-refractivity contribution in [2.75, 3.05) is 7.11 Å². The smallest absolute Gasteiger partial charge is 0.131 e. The molecule has 2 aliphatic carbocycles. The van der Waals surface area contributed by atoms with Gasteiger partial charge in [-0.15, -0.1) is 11.6 Å². The molecule has 0 unspecified atom stereocenters. The van der Waals surface area contributed by atoms with Gasteiger partial charge < -0.3 is 4.74 Å². The molecule has 0 heterocycles. The van der Waals surface area contributed by atoms with Crippen LogP contribution in [-0.4, -0.2) is 7.11 Å². The summed E-state index contributed by atoms with van der Waals surface area (Å²) in [6.45, 7) is 7.10. The number of alkyl halides is 1. The van der Waals surface area contributed by atoms with Gasteiger partial charge in [0.25, 0.3) is 0 Å². The fraction of sp³-hybridized carbons (Fsp3) is 0.417. The van der Waals surface area contributed by atoms with Crippen LogP contribution >= 0.6 is 11.6 Å². The number of rotatable bonds is 4. The Labute approximate surface area is 166 Å². The van der Waals surface area contributed by atoms with Gasteiger partial charge in [-0.2, -0.15) is 0 Å². The van der Waals surface area contributed by atoms with E-state index in [0.29, 0.717) is 23.1 Å². The Morgan fingerprint density at radius 1 is 1.07 bits per heavy atom. The van der Waals surface area contributed by atoms with Gasteiger partial charge in [0, 0.05) is 11.4 Å². The van der Waals surface area contributed by atoms with Crippen LogP contribution in [0.5, 0.6) is 5.75 Å². The maximum absolute atomic E-state index is 14.8. The Kier molecular flexibility index (Phi) is 4.38. The lowest BCUT2D eigenvalue weighted by atomic mass is 9.65. The van der Waals surface area contributed by atoms with Crippen molar-refractivity contribution in [3.63, 3.8) is 0 Å². The van der Waals surface area contributed by atoms with Crippen LogP contribution < -0.4 is 4.74 Å². The molecule has 0 saturated heterocycles. The van der Waals surface area contributed by atoms with Crippen LogP contribution in [0.2, 0.25) is 0 Å². The van der Waals surface area contributed by atoms with E-state index in [-0.39, 0.29) is 16.6 Å². The molecule has 3 heteroatoms. The van der Waals surface area contributed by atoms with E-state index in [1.54, 1.807) is 19.2 Å². The van der Waals surface area contributed by atoms with Gasteiger partial charge in [0.1, 0.15) is 11.6 Å². The van der Waals surface area contributed by atoms with Crippen molar-refractivity contribution >= 4 is 17.2 Å². The number of fused-ring (bicyclic) bond motifs is 2. The molecular formula is C24H26ClFO. The van der Waals surface area contributed by atoms with E-state index in [2.05, 4.69) is 32.9 Å². The van der Waals surface area contributed by atoms with Crippen molar-refractivity contribution in [3.8, 4) is 16.9 Å². The molecule has 0 N–H and O–H groups in total. The van der Waals surface area contributed by atoms with Gasteiger partial charge in [-0.05, 0) is 76.1 Å². The van der Waals surface area contributed by atoms with E-state index >= 15 is 0 Å². The van der Waals surface area contributed by atoms with Crippen molar-refractivity contribution in [1.82, 2.24) is 0 Å². The van der Waals surface area contributed by atoms with Crippen LogP contribution in [0.15, 0.2) is 42.5 Å². The van der Waals surface area contributed by atoms with Gasteiger partial charge in [-0.1, -0.05) is 39.0 Å². The number of hydrogen-bond donors (Lipinski definition) is 0. The largest absolute Gasteiger partial charge is 0.497 e. The van der Waals surface area contributed by atoms with Crippen molar-refractivity contribution in [2.45, 2.75) is 39.5 Å². The van der Waals surface area contributed by atoms with Crippen LogP contribution in [0, 0.1) is 22.6 Å². The maximum atomic E-state index is 14.8. The Morgan fingerprint density at radius 3 is 2.44 bits per heavy atom. The summed E-state index contributed by atoms with van der Waals surface area (Å²) in [6, 6.07) is 11.1. The summed E-state index contributed by atoms with van der Waals surface area (Å²) >= 11 is 6.14. The SMILES string of the molecule is COc1ccc(F)c(-c2ccc(CCl)cc2C2=C[C@H]3CC[C@]2(C)C3(C)C)c1. The van der Waals surface area contributed by atoms with E-state index in [9.17, 15) is 4.39 Å². The molecule has 1 fully saturated rings. The third kappa shape index (κ3) is 2.64. The Hall–Kier alpha value is -1.80. The first-order valence-electron chi connectivity index (χ1n) is 9.57. The first kappa shape index (κ1) is 18.6. The molecule has 2 aromatic rings. The van der Waals surface area contributed by atoms with Crippen LogP contribution in [0.4, 0.5) is 4.39 Å². The van der Waals surface area contributed by atoms with Crippen molar-refractivity contribution in [1.29, 1.82) is 0 Å². The van der Waals surface area contributed by atoms with Crippen molar-refractivity contribution in [2.24, 2.45) is 16.7 Å². The predicted octanol–water partition coefficient (Wildman–Crippen LogP) is 7.08. The lowest BCUT2D eigenvalue weighted by Crippen LogP contribution is -2.29. The summed E-state index contributed by atoms with van der Waals surface area (Å²) in [5.74, 6) is 1.45. The molecule has 1 nitrogen and oxygen atoms in total. The Bertz CT molecular complexity index is 930. The zero-order chi connectivity index (χ0) is 19.4. The second-order valence-corrected chi connectivity index (χ2v) is 8.91. The molecule has 0 amide bonds. The first-order valence-corrected chi connectivity index (χ1v) is 10.1. The quantitative estimate of drug-likeness (QED) is 0.511. The molecule has 0 aromatic heterocycles. The highest BCUT2D eigenvalue weighted by Crippen LogP contribution is 2.68. The molecule has 0 spiro atoms. The minimum atomic E-state index is -0.233. The predicted molar refractivity (Wildman–Crippen MR) is 111 cm³/mol. The third-order valence-electron chi connectivity index (χ3n) is 7.26. The van der Waals surface area contributed by atoms with Crippen LogP contribution in [0.3, 0.4) is 0 Å². The van der Waals surface area contributed by atoms with Crippen LogP contribution in [-0.2, 0) is 5.88 Å². The van der Waals surface area contributed by atoms with Gasteiger partial charge in [0.2, 0.25) is 0 Å². The summed E-state index contributed by atoms with van der Waals surface area (Å²) in [5.41, 5.74) is 5.30. The summed E-state index contributed by atoms with van der Waals surface area (Å²) < 4.78 is 20.1. The first-order chi connectivity index (χ1) is 12.8. The highest BCUT2D eigenvalue weighted by molar-refractivity contribution is 6.17. The average molecular weight is 385 g/mol. The van der Waals surface area contributed by atoms with Gasteiger partial charge in [0.05, 0.1) is 7.11 Å². The van der Waals surface area contributed by atoms with Crippen LogP contribution in [0.1, 0.15) is 44.7 Å². The van der Waals surface area contributed by atoms with E-state index in [4.69, 9.17) is 16.3 Å². The molecular weight excluding hydrogens is 359 g/mol. The zero-order valence-electron chi connectivity index (χ0n) is 16.4. The van der Waals surface area contributed by atoms with E-state index in [0.717, 1.165) is 16.7 Å². The van der Waals surface area contributed by atoms with Gasteiger partial charge in [-0.25, -0.2) is 4.39 Å². The monoisotopic (exact) mass is 384 g/mol. The molecule has 2 aromatic carbocycles. The molecule has 27 heavy (non-hydrogen) atoms. The molecule has 4 rings (SSSR count). The third-order valence-corrected chi connectivity index (χ3v) is 7.57. The minimum absolute atomic E-state index is 0.0900. The summed E-state index contributed by atoms with van der Waals surface area (Å²) in [6.07, 6.45) is 4.82. The Balaban J connectivity index is 1.94. The van der Waals surface area contributed by atoms with E-state index in [1.165, 1.54) is 24.5 Å².